The number of methoxy groups -OCH3 is 2. The third-order valence-corrected chi connectivity index (χ3v) is 8.39. The third-order valence-electron chi connectivity index (χ3n) is 8.39. The van der Waals surface area contributed by atoms with Gasteiger partial charge in [0.05, 0.1) is 38.5 Å². The number of ether oxygens (including phenoxy) is 2. The van der Waals surface area contributed by atoms with Crippen molar-refractivity contribution in [2.24, 2.45) is 15.9 Å². The summed E-state index contributed by atoms with van der Waals surface area (Å²) in [6, 6.07) is 44.6. The molecule has 2 N–H and O–H groups in total. The summed E-state index contributed by atoms with van der Waals surface area (Å²) < 4.78 is 10.3. The Bertz CT molecular complexity index is 2130. The molecule has 2 aromatic heterocycles. The first-order chi connectivity index (χ1) is 31.3. The average Bonchev–Trinajstić information content (AvgIpc) is 3.36. The van der Waals surface area contributed by atoms with E-state index in [1.54, 1.807) is 45.1 Å². The maximum Gasteiger partial charge on any atom is 2.00 e. The second-order valence-electron chi connectivity index (χ2n) is 13.7. The molecule has 0 fully saturated rings. The van der Waals surface area contributed by atoms with Crippen molar-refractivity contribution in [2.75, 3.05) is 32.6 Å². The normalized spacial score (nSPS) is 8.64. The van der Waals surface area contributed by atoms with Crippen LogP contribution >= 0.6 is 0 Å². The molecule has 4 aromatic carbocycles. The summed E-state index contributed by atoms with van der Waals surface area (Å²) in [4.78, 5) is 16.4. The maximum atomic E-state index is 5.18. The Morgan fingerprint density at radius 1 is 0.575 bits per heavy atom. The van der Waals surface area contributed by atoms with E-state index in [1.807, 2.05) is 142 Å². The third kappa shape index (κ3) is 55.7. The minimum Gasteiger partial charge on any atom is -1.00 e. The minimum absolute atomic E-state index is 0. The Morgan fingerprint density at radius 2 is 1.00 bits per heavy atom. The summed E-state index contributed by atoms with van der Waals surface area (Å²) in [5.41, 5.74) is 6.59. The molecule has 0 spiro atoms. The molecule has 6 rings (SSSR count). The largest absolute Gasteiger partial charge is 2.00 e. The molecule has 14 heteroatoms. The van der Waals surface area contributed by atoms with Gasteiger partial charge >= 0.3 is 65.0 Å². The average molecular weight is 1180 g/mol. The SMILES string of the molecule is C.C.C.C.C.C.C.C.C.C.C=CCN=Cc1cccnc1.C=CCNC(C=C)c1cccnc1.COc1ccc(N=Cc2ccccc2)cc1.COc1ccc(NC(c2ccccc2)C(C)C)cc1.C[CH-]C.[CH-]=C.[Cl-].[Cl-].[Cl-].[Li+].[Mg+2].[Mg+2]. The van der Waals surface area contributed by atoms with Crippen LogP contribution in [0.3, 0.4) is 0 Å². The molecule has 0 aliphatic heterocycles. The van der Waals surface area contributed by atoms with E-state index in [9.17, 15) is 0 Å². The van der Waals surface area contributed by atoms with Crippen molar-refractivity contribution >= 4 is 69.9 Å². The van der Waals surface area contributed by atoms with Gasteiger partial charge in [-0.15, -0.1) is 19.7 Å². The molecule has 80 heavy (non-hydrogen) atoms. The number of aromatic nitrogens is 2. The summed E-state index contributed by atoms with van der Waals surface area (Å²) in [6.07, 6.45) is 18.2. The fraction of sp³-hybridized carbons (Fsp3) is 0.318. The van der Waals surface area contributed by atoms with Crippen LogP contribution in [0.5, 0.6) is 11.5 Å². The molecule has 2 heterocycles. The summed E-state index contributed by atoms with van der Waals surface area (Å²) in [6.45, 7) is 27.9. The number of hydrogen-bond donors (Lipinski definition) is 2. The van der Waals surface area contributed by atoms with Crippen LogP contribution < -0.4 is 76.2 Å². The fourth-order valence-corrected chi connectivity index (χ4v) is 5.31. The van der Waals surface area contributed by atoms with Gasteiger partial charge in [-0.25, -0.2) is 0 Å². The zero-order chi connectivity index (χ0) is 47.0. The monoisotopic (exact) mass is 1180 g/mol. The van der Waals surface area contributed by atoms with Crippen molar-refractivity contribution in [1.29, 1.82) is 0 Å². The molecule has 440 valence electrons. The van der Waals surface area contributed by atoms with Gasteiger partial charge in [0.25, 0.3) is 0 Å². The number of nitrogens with zero attached hydrogens (tertiary/aromatic N) is 4. The Morgan fingerprint density at radius 3 is 1.39 bits per heavy atom. The summed E-state index contributed by atoms with van der Waals surface area (Å²) >= 11 is 0. The van der Waals surface area contributed by atoms with Gasteiger partial charge in [0.2, 0.25) is 0 Å². The van der Waals surface area contributed by atoms with Crippen LogP contribution in [-0.2, 0) is 0 Å². The predicted octanol–water partition coefficient (Wildman–Crippen LogP) is 7.17. The molecular weight excluding hydrogens is 1070 g/mol. The first-order valence-electron chi connectivity index (χ1n) is 21.0. The van der Waals surface area contributed by atoms with E-state index in [2.05, 4.69) is 114 Å². The number of pyridine rings is 2. The smallest absolute Gasteiger partial charge is 1.00 e. The summed E-state index contributed by atoms with van der Waals surface area (Å²) in [7, 11) is 3.34. The topological polar surface area (TPSA) is 93.0 Å². The summed E-state index contributed by atoms with van der Waals surface area (Å²) in [5, 5.41) is 6.85. The van der Waals surface area contributed by atoms with E-state index >= 15 is 0 Å². The minimum atomic E-state index is 0. The van der Waals surface area contributed by atoms with Crippen LogP contribution in [0, 0.1) is 18.9 Å². The van der Waals surface area contributed by atoms with Crippen LogP contribution in [0.2, 0.25) is 0 Å². The molecule has 0 radical (unpaired) electrons. The maximum absolute atomic E-state index is 5.18. The fourth-order valence-electron chi connectivity index (χ4n) is 5.31. The molecular formula is C66H108Cl3LiMg2N6O2. The molecule has 0 saturated carbocycles. The molecule has 0 bridgehead atoms. The van der Waals surface area contributed by atoms with E-state index in [-0.39, 0.29) is 182 Å². The van der Waals surface area contributed by atoms with Crippen molar-refractivity contribution in [3.63, 3.8) is 0 Å². The van der Waals surface area contributed by atoms with Crippen molar-refractivity contribution in [2.45, 2.75) is 114 Å². The number of benzene rings is 4. The molecule has 0 saturated heterocycles. The second kappa shape index (κ2) is 81.3. The van der Waals surface area contributed by atoms with Crippen molar-refractivity contribution < 1.29 is 65.6 Å². The number of hydrogen-bond acceptors (Lipinski definition) is 8. The van der Waals surface area contributed by atoms with Crippen molar-refractivity contribution in [3.05, 3.63) is 238 Å². The Kier molecular flexibility index (Phi) is 121. The van der Waals surface area contributed by atoms with Crippen molar-refractivity contribution in [3.8, 4) is 11.5 Å². The van der Waals surface area contributed by atoms with E-state index in [0.29, 0.717) is 18.5 Å². The van der Waals surface area contributed by atoms with Crippen LogP contribution in [0.25, 0.3) is 0 Å². The molecule has 2 unspecified atom stereocenters. The van der Waals surface area contributed by atoms with Crippen LogP contribution in [-0.4, -0.2) is 95.8 Å². The first kappa shape index (κ1) is 119. The van der Waals surface area contributed by atoms with Gasteiger partial charge < -0.3 is 70.3 Å². The van der Waals surface area contributed by atoms with E-state index in [4.69, 9.17) is 9.47 Å². The molecule has 8 nitrogen and oxygen atoms in total. The Balaban J connectivity index is -0.0000000451. The predicted molar refractivity (Wildman–Crippen MR) is 354 cm³/mol. The van der Waals surface area contributed by atoms with Gasteiger partial charge in [0.1, 0.15) is 11.5 Å². The quantitative estimate of drug-likeness (QED) is 0.0463. The number of halogens is 3. The van der Waals surface area contributed by atoms with Gasteiger partial charge in [-0.1, -0.05) is 179 Å². The van der Waals surface area contributed by atoms with Crippen LogP contribution in [0.1, 0.15) is 136 Å². The van der Waals surface area contributed by atoms with E-state index < -0.39 is 0 Å². The molecule has 0 aliphatic carbocycles. The van der Waals surface area contributed by atoms with Gasteiger partial charge in [0, 0.05) is 55.0 Å². The van der Waals surface area contributed by atoms with E-state index in [0.717, 1.165) is 46.1 Å². The van der Waals surface area contributed by atoms with Gasteiger partial charge in [-0.2, -0.15) is 13.8 Å². The van der Waals surface area contributed by atoms with Crippen molar-refractivity contribution in [1.82, 2.24) is 15.3 Å². The number of nitrogens with one attached hydrogen (secondary N) is 2. The van der Waals surface area contributed by atoms with Gasteiger partial charge in [-0.3, -0.25) is 26.5 Å². The first-order valence-corrected chi connectivity index (χ1v) is 21.0. The standard InChI is InChI=1S/C17H21NO.C14H13NO.C11H14N2.C9H10N2.C3H7.C2H3.10CH4.3ClH.Li.2Mg/c1-13(2)17(14-7-5-4-6-8-14)18-15-9-11-16(19-3)12-10-15;1-16-14-9-7-13(8-10-14)15-11-12-5-3-2-4-6-12;1-3-7-13-11(4-2)10-6-5-8-12-9-10;1-2-5-10-7-9-4-3-6-11-8-9;1-3-2;1-2;;;;;;;;;;;;;;;;/h4-13,17-18H,1-3H3;2-11H,1H3;3-6,8-9,11,13H,1-2,7H2;2-4,6-8H,1,5H2;3H,1-2H3;1H,2H2;10*1H4;3*1H;;;/q;;;;2*-1;;;;;;;;;;;;;;+1;2*+2/p-3. The zero-order valence-electron chi connectivity index (χ0n) is 42.2. The zero-order valence-corrected chi connectivity index (χ0v) is 47.3. The number of aliphatic imine (C=N–C) groups is 2. The van der Waals surface area contributed by atoms with Gasteiger partial charge in [-0.05, 0) is 83.3 Å². The Labute approximate surface area is 558 Å². The molecule has 2 atom stereocenters. The number of anilines is 1. The number of rotatable bonds is 16. The van der Waals surface area contributed by atoms with Gasteiger partial charge in [0.15, 0.2) is 0 Å². The van der Waals surface area contributed by atoms with E-state index in [1.165, 1.54) is 5.56 Å². The Hall–Kier alpha value is -4.16. The second-order valence-corrected chi connectivity index (χ2v) is 13.7. The molecule has 6 aromatic rings. The van der Waals surface area contributed by atoms with Crippen LogP contribution in [0.4, 0.5) is 11.4 Å². The van der Waals surface area contributed by atoms with Crippen LogP contribution in [0.15, 0.2) is 213 Å². The molecule has 0 amide bonds. The molecule has 0 aliphatic rings. The summed E-state index contributed by atoms with van der Waals surface area (Å²) in [5.74, 6) is 2.24.